The van der Waals surface area contributed by atoms with E-state index in [1.165, 1.54) is 0 Å². The highest BCUT2D eigenvalue weighted by Gasteiger charge is 2.23. The Bertz CT molecular complexity index is 962. The number of nitrogens with two attached hydrogens (primary N) is 1. The Morgan fingerprint density at radius 2 is 1.90 bits per heavy atom. The van der Waals surface area contributed by atoms with Crippen LogP contribution >= 0.6 is 0 Å². The van der Waals surface area contributed by atoms with E-state index in [2.05, 4.69) is 9.80 Å². The van der Waals surface area contributed by atoms with Crippen molar-refractivity contribution in [3.8, 4) is 5.75 Å². The van der Waals surface area contributed by atoms with Crippen molar-refractivity contribution in [2.75, 3.05) is 26.2 Å². The lowest BCUT2D eigenvalue weighted by atomic mass is 9.86. The number of ether oxygens (including phenoxy) is 1. The molecule has 1 amide bonds. The summed E-state index contributed by atoms with van der Waals surface area (Å²) in [6, 6.07) is 14.8. The summed E-state index contributed by atoms with van der Waals surface area (Å²) in [6.07, 6.45) is 7.60. The molecule has 0 spiro atoms. The number of amides is 1. The maximum Gasteiger partial charge on any atom is 0.248 e. The lowest BCUT2D eigenvalue weighted by Gasteiger charge is -2.34. The van der Waals surface area contributed by atoms with Crippen molar-refractivity contribution in [2.45, 2.75) is 18.8 Å². The predicted octanol–water partition coefficient (Wildman–Crippen LogP) is 3.47. The van der Waals surface area contributed by atoms with E-state index in [0.29, 0.717) is 11.5 Å². The first-order valence-corrected chi connectivity index (χ1v) is 10.3. The molecule has 2 aromatic carbocycles. The molecule has 0 atom stereocenters. The summed E-state index contributed by atoms with van der Waals surface area (Å²) < 4.78 is 5.61. The number of carbonyl (C=O) groups excluding carboxylic acids is 1. The van der Waals surface area contributed by atoms with Crippen LogP contribution in [0.4, 0.5) is 0 Å². The van der Waals surface area contributed by atoms with Crippen LogP contribution in [0.2, 0.25) is 0 Å². The minimum Gasteiger partial charge on any atom is -0.508 e. The van der Waals surface area contributed by atoms with Crippen LogP contribution in [0.5, 0.6) is 5.75 Å². The molecule has 4 rings (SSSR count). The van der Waals surface area contributed by atoms with E-state index in [9.17, 15) is 9.90 Å². The first-order chi connectivity index (χ1) is 14.6. The molecule has 2 aromatic rings. The topological polar surface area (TPSA) is 79.0 Å². The molecule has 2 heterocycles. The van der Waals surface area contributed by atoms with Crippen molar-refractivity contribution in [3.63, 3.8) is 0 Å². The van der Waals surface area contributed by atoms with Gasteiger partial charge in [-0.05, 0) is 55.6 Å². The molecule has 1 fully saturated rings. The third-order valence-electron chi connectivity index (χ3n) is 5.79. The van der Waals surface area contributed by atoms with Crippen molar-refractivity contribution >= 4 is 11.7 Å². The number of aromatic hydroxyl groups is 1. The summed E-state index contributed by atoms with van der Waals surface area (Å²) in [5, 5.41) is 9.69. The van der Waals surface area contributed by atoms with Crippen LogP contribution in [0.25, 0.3) is 5.76 Å². The second-order valence-electron chi connectivity index (χ2n) is 7.75. The van der Waals surface area contributed by atoms with Crippen molar-refractivity contribution in [2.24, 2.45) is 5.73 Å². The number of likely N-dealkylation sites (tertiary alicyclic amines) is 1. The number of carbonyl (C=O) groups is 1. The van der Waals surface area contributed by atoms with Gasteiger partial charge in [0.15, 0.2) is 0 Å². The minimum absolute atomic E-state index is 0.221. The van der Waals surface area contributed by atoms with Crippen LogP contribution in [0.3, 0.4) is 0 Å². The van der Waals surface area contributed by atoms with E-state index in [0.717, 1.165) is 55.9 Å². The number of hydrogen-bond donors (Lipinski definition) is 2. The molecular weight excluding hydrogens is 378 g/mol. The van der Waals surface area contributed by atoms with Gasteiger partial charge in [0, 0.05) is 36.6 Å². The van der Waals surface area contributed by atoms with Gasteiger partial charge in [0.05, 0.1) is 0 Å². The molecule has 0 radical (unpaired) electrons. The van der Waals surface area contributed by atoms with Crippen molar-refractivity contribution in [3.05, 3.63) is 83.9 Å². The highest BCUT2D eigenvalue weighted by atomic mass is 16.5. The fraction of sp³-hybridized carbons (Fsp3) is 0.292. The first kappa shape index (κ1) is 20.0. The number of rotatable bonds is 6. The summed E-state index contributed by atoms with van der Waals surface area (Å²) in [4.78, 5) is 16.3. The summed E-state index contributed by atoms with van der Waals surface area (Å²) in [5.74, 6) is 0.973. The molecule has 6 nitrogen and oxygen atoms in total. The molecule has 0 aromatic heterocycles. The van der Waals surface area contributed by atoms with Crippen LogP contribution < -0.4 is 5.73 Å². The number of nitrogens with zero attached hydrogens (tertiary/aromatic N) is 2. The van der Waals surface area contributed by atoms with Gasteiger partial charge < -0.3 is 25.4 Å². The number of benzene rings is 2. The lowest BCUT2D eigenvalue weighted by molar-refractivity contribution is 0.0998. The summed E-state index contributed by atoms with van der Waals surface area (Å²) >= 11 is 0. The molecule has 0 aliphatic carbocycles. The van der Waals surface area contributed by atoms with E-state index in [1.807, 2.05) is 42.7 Å². The Hall–Kier alpha value is -3.25. The van der Waals surface area contributed by atoms with E-state index in [4.69, 9.17) is 10.5 Å². The molecule has 30 heavy (non-hydrogen) atoms. The second-order valence-corrected chi connectivity index (χ2v) is 7.75. The van der Waals surface area contributed by atoms with Crippen molar-refractivity contribution in [1.29, 1.82) is 0 Å². The highest BCUT2D eigenvalue weighted by molar-refractivity contribution is 5.94. The van der Waals surface area contributed by atoms with Gasteiger partial charge in [0.1, 0.15) is 17.8 Å². The van der Waals surface area contributed by atoms with Gasteiger partial charge in [-0.1, -0.05) is 30.3 Å². The molecule has 0 unspecified atom stereocenters. The summed E-state index contributed by atoms with van der Waals surface area (Å²) in [6.45, 7) is 3.78. The largest absolute Gasteiger partial charge is 0.508 e. The molecule has 2 aliphatic rings. The first-order valence-electron chi connectivity index (χ1n) is 10.3. The smallest absolute Gasteiger partial charge is 0.248 e. The maximum absolute atomic E-state index is 11.7. The Morgan fingerprint density at radius 3 is 2.67 bits per heavy atom. The van der Waals surface area contributed by atoms with Crippen LogP contribution in [0.1, 0.15) is 40.2 Å². The van der Waals surface area contributed by atoms with E-state index in [1.54, 1.807) is 24.5 Å². The van der Waals surface area contributed by atoms with E-state index in [-0.39, 0.29) is 11.7 Å². The second kappa shape index (κ2) is 9.05. The molecule has 6 heteroatoms. The summed E-state index contributed by atoms with van der Waals surface area (Å²) in [7, 11) is 0. The minimum atomic E-state index is -0.346. The summed E-state index contributed by atoms with van der Waals surface area (Å²) in [5.41, 5.74) is 8.13. The molecular formula is C24H27N3O3. The molecule has 3 N–H and O–H groups in total. The third kappa shape index (κ3) is 4.66. The Morgan fingerprint density at radius 1 is 1.10 bits per heavy atom. The van der Waals surface area contributed by atoms with Gasteiger partial charge in [-0.2, -0.15) is 0 Å². The fourth-order valence-electron chi connectivity index (χ4n) is 4.15. The molecule has 2 aliphatic heterocycles. The zero-order chi connectivity index (χ0) is 20.9. The third-order valence-corrected chi connectivity index (χ3v) is 5.79. The quantitative estimate of drug-likeness (QED) is 0.769. The normalized spacial score (nSPS) is 17.5. The Kier molecular flexibility index (Phi) is 6.05. The zero-order valence-corrected chi connectivity index (χ0v) is 16.9. The van der Waals surface area contributed by atoms with Crippen LogP contribution in [0.15, 0.2) is 67.2 Å². The zero-order valence-electron chi connectivity index (χ0n) is 16.9. The molecule has 1 saturated heterocycles. The molecule has 0 saturated carbocycles. The van der Waals surface area contributed by atoms with Crippen LogP contribution in [0, 0.1) is 0 Å². The predicted molar refractivity (Wildman–Crippen MR) is 116 cm³/mol. The van der Waals surface area contributed by atoms with Crippen LogP contribution in [-0.4, -0.2) is 47.0 Å². The monoisotopic (exact) mass is 405 g/mol. The van der Waals surface area contributed by atoms with Gasteiger partial charge in [0.25, 0.3) is 0 Å². The number of primary amides is 1. The number of phenolic OH excluding ortho intramolecular Hbond substituents is 1. The fourth-order valence-corrected chi connectivity index (χ4v) is 4.15. The van der Waals surface area contributed by atoms with Gasteiger partial charge in [-0.25, -0.2) is 0 Å². The van der Waals surface area contributed by atoms with Gasteiger partial charge >= 0.3 is 0 Å². The highest BCUT2D eigenvalue weighted by Crippen LogP contribution is 2.30. The molecule has 156 valence electrons. The van der Waals surface area contributed by atoms with E-state index < -0.39 is 0 Å². The SMILES string of the molecule is NC(=O)c1ccccc1C1CCN(CCN2C=COC(c3cccc(O)c3)=C2)CC1. The van der Waals surface area contributed by atoms with E-state index >= 15 is 0 Å². The molecule has 0 bridgehead atoms. The van der Waals surface area contributed by atoms with Crippen molar-refractivity contribution in [1.82, 2.24) is 9.80 Å². The Labute approximate surface area is 176 Å². The Balaban J connectivity index is 1.31. The number of piperidine rings is 1. The lowest BCUT2D eigenvalue weighted by Crippen LogP contribution is -2.37. The van der Waals surface area contributed by atoms with Gasteiger partial charge in [0.2, 0.25) is 5.91 Å². The van der Waals surface area contributed by atoms with Gasteiger partial charge in [-0.15, -0.1) is 0 Å². The maximum atomic E-state index is 11.7. The number of phenols is 1. The number of hydrogen-bond acceptors (Lipinski definition) is 5. The van der Waals surface area contributed by atoms with Gasteiger partial charge in [-0.3, -0.25) is 4.79 Å². The average Bonchev–Trinajstić information content (AvgIpc) is 2.78. The van der Waals surface area contributed by atoms with Crippen LogP contribution in [-0.2, 0) is 4.74 Å². The average molecular weight is 405 g/mol. The van der Waals surface area contributed by atoms with Crippen molar-refractivity contribution < 1.29 is 14.6 Å². The standard InChI is InChI=1S/C24H27N3O3/c25-24(29)22-7-2-1-6-21(22)18-8-10-26(11-9-18)12-13-27-14-15-30-23(17-27)19-4-3-5-20(28)16-19/h1-7,14-18,28H,8-13H2,(H2,25,29).